The summed E-state index contributed by atoms with van der Waals surface area (Å²) < 4.78 is 5.58. The quantitative estimate of drug-likeness (QED) is 0.767. The van der Waals surface area contributed by atoms with Gasteiger partial charge in [-0.15, -0.1) is 0 Å². The van der Waals surface area contributed by atoms with Gasteiger partial charge in [0.05, 0.1) is 5.60 Å². The first-order valence-corrected chi connectivity index (χ1v) is 6.97. The lowest BCUT2D eigenvalue weighted by atomic mass is 10.0. The van der Waals surface area contributed by atoms with E-state index in [1.54, 1.807) is 0 Å². The molecule has 1 fully saturated rings. The van der Waals surface area contributed by atoms with Crippen LogP contribution in [-0.2, 0) is 9.53 Å². The van der Waals surface area contributed by atoms with Crippen LogP contribution in [0.15, 0.2) is 30.3 Å². The first-order chi connectivity index (χ1) is 9.59. The van der Waals surface area contributed by atoms with Crippen molar-refractivity contribution >= 4 is 11.6 Å². The Balaban J connectivity index is 1.61. The lowest BCUT2D eigenvalue weighted by Gasteiger charge is -2.38. The molecule has 0 unspecified atom stereocenters. The van der Waals surface area contributed by atoms with Crippen LogP contribution < -0.4 is 15.5 Å². The second-order valence-electron chi connectivity index (χ2n) is 5.45. The van der Waals surface area contributed by atoms with E-state index in [1.807, 2.05) is 32.2 Å². The molecule has 20 heavy (non-hydrogen) atoms. The average Bonchev–Trinajstić information content (AvgIpc) is 2.44. The average molecular weight is 277 g/mol. The van der Waals surface area contributed by atoms with Crippen LogP contribution in [0, 0.1) is 0 Å². The van der Waals surface area contributed by atoms with E-state index < -0.39 is 0 Å². The monoisotopic (exact) mass is 277 g/mol. The van der Waals surface area contributed by atoms with Crippen molar-refractivity contribution in [2.45, 2.75) is 12.5 Å². The molecule has 0 spiro atoms. The Morgan fingerprint density at radius 3 is 2.70 bits per heavy atom. The summed E-state index contributed by atoms with van der Waals surface area (Å²) in [5.41, 5.74) is 0.976. The second kappa shape index (κ2) is 6.72. The number of anilines is 1. The zero-order valence-electron chi connectivity index (χ0n) is 12.2. The molecule has 2 rings (SSSR count). The SMILES string of the molecule is CN(CCNC(=O)COC1(C)CNC1)c1ccccc1. The predicted molar refractivity (Wildman–Crippen MR) is 79.9 cm³/mol. The van der Waals surface area contributed by atoms with Gasteiger partial charge in [-0.25, -0.2) is 0 Å². The van der Waals surface area contributed by atoms with Crippen LogP contribution >= 0.6 is 0 Å². The number of nitrogens with zero attached hydrogens (tertiary/aromatic N) is 1. The van der Waals surface area contributed by atoms with E-state index in [0.29, 0.717) is 6.54 Å². The minimum atomic E-state index is -0.168. The zero-order chi connectivity index (χ0) is 14.4. The smallest absolute Gasteiger partial charge is 0.246 e. The number of hydrogen-bond acceptors (Lipinski definition) is 4. The number of benzene rings is 1. The maximum absolute atomic E-state index is 11.7. The molecule has 1 aliphatic heterocycles. The molecule has 1 heterocycles. The number of carbonyl (C=O) groups is 1. The number of ether oxygens (including phenoxy) is 1. The van der Waals surface area contributed by atoms with Crippen molar-refractivity contribution < 1.29 is 9.53 Å². The molecule has 5 nitrogen and oxygen atoms in total. The van der Waals surface area contributed by atoms with Crippen molar-refractivity contribution in [1.82, 2.24) is 10.6 Å². The fourth-order valence-electron chi connectivity index (χ4n) is 2.04. The highest BCUT2D eigenvalue weighted by atomic mass is 16.5. The largest absolute Gasteiger partial charge is 0.373 e. The molecule has 0 saturated carbocycles. The highest BCUT2D eigenvalue weighted by Gasteiger charge is 2.32. The van der Waals surface area contributed by atoms with Gasteiger partial charge in [0.25, 0.3) is 0 Å². The van der Waals surface area contributed by atoms with Crippen molar-refractivity contribution in [1.29, 1.82) is 0 Å². The van der Waals surface area contributed by atoms with Gasteiger partial charge in [-0.2, -0.15) is 0 Å². The molecule has 1 aromatic rings. The Morgan fingerprint density at radius 1 is 1.40 bits per heavy atom. The van der Waals surface area contributed by atoms with Crippen LogP contribution in [0.1, 0.15) is 6.92 Å². The first kappa shape index (κ1) is 14.8. The van der Waals surface area contributed by atoms with Gasteiger partial charge in [-0.1, -0.05) is 18.2 Å². The molecule has 1 saturated heterocycles. The third kappa shape index (κ3) is 4.21. The lowest BCUT2D eigenvalue weighted by Crippen LogP contribution is -2.59. The predicted octanol–water partition coefficient (Wildman–Crippen LogP) is 0.618. The molecule has 1 amide bonds. The summed E-state index contributed by atoms with van der Waals surface area (Å²) in [6, 6.07) is 10.1. The van der Waals surface area contributed by atoms with Gasteiger partial charge in [-0.3, -0.25) is 4.79 Å². The number of nitrogens with one attached hydrogen (secondary N) is 2. The summed E-state index contributed by atoms with van der Waals surface area (Å²) in [6.45, 7) is 5.17. The molecule has 1 aromatic carbocycles. The van der Waals surface area contributed by atoms with Crippen LogP contribution in [0.25, 0.3) is 0 Å². The Labute approximate surface area is 120 Å². The number of carbonyl (C=O) groups excluding carboxylic acids is 1. The van der Waals surface area contributed by atoms with E-state index in [0.717, 1.165) is 25.3 Å². The van der Waals surface area contributed by atoms with Crippen molar-refractivity contribution in [3.05, 3.63) is 30.3 Å². The van der Waals surface area contributed by atoms with E-state index in [1.165, 1.54) is 0 Å². The van der Waals surface area contributed by atoms with Gasteiger partial charge < -0.3 is 20.3 Å². The summed E-state index contributed by atoms with van der Waals surface area (Å²) in [4.78, 5) is 13.8. The third-order valence-electron chi connectivity index (χ3n) is 3.52. The molecule has 5 heteroatoms. The Kier molecular flexibility index (Phi) is 4.98. The molecule has 1 aliphatic rings. The number of rotatable bonds is 7. The maximum atomic E-state index is 11.7. The van der Waals surface area contributed by atoms with Crippen LogP contribution in [0.2, 0.25) is 0 Å². The molecule has 2 N–H and O–H groups in total. The maximum Gasteiger partial charge on any atom is 0.246 e. The topological polar surface area (TPSA) is 53.6 Å². The summed E-state index contributed by atoms with van der Waals surface area (Å²) in [6.07, 6.45) is 0. The number of hydrogen-bond donors (Lipinski definition) is 2. The molecule has 0 radical (unpaired) electrons. The van der Waals surface area contributed by atoms with Gasteiger partial charge in [0.15, 0.2) is 0 Å². The summed E-state index contributed by atoms with van der Waals surface area (Å²) in [5.74, 6) is -0.0559. The number of likely N-dealkylation sites (N-methyl/N-ethyl adjacent to an activating group) is 1. The first-order valence-electron chi connectivity index (χ1n) is 6.97. The van der Waals surface area contributed by atoms with E-state index >= 15 is 0 Å². The fourth-order valence-corrected chi connectivity index (χ4v) is 2.04. The Bertz CT molecular complexity index is 432. The summed E-state index contributed by atoms with van der Waals surface area (Å²) in [7, 11) is 2.01. The van der Waals surface area contributed by atoms with E-state index in [2.05, 4.69) is 27.7 Å². The van der Waals surface area contributed by atoms with Crippen molar-refractivity contribution in [3.8, 4) is 0 Å². The fraction of sp³-hybridized carbons (Fsp3) is 0.533. The minimum Gasteiger partial charge on any atom is -0.373 e. The van der Waals surface area contributed by atoms with Crippen molar-refractivity contribution in [2.75, 3.05) is 44.7 Å². The summed E-state index contributed by atoms with van der Waals surface area (Å²) in [5, 5.41) is 6.02. The zero-order valence-corrected chi connectivity index (χ0v) is 12.2. The van der Waals surface area contributed by atoms with Crippen LogP contribution in [0.4, 0.5) is 5.69 Å². The van der Waals surface area contributed by atoms with Gasteiger partial charge in [0.1, 0.15) is 6.61 Å². The standard InChI is InChI=1S/C15H23N3O2/c1-15(11-16-12-15)20-10-14(19)17-8-9-18(2)13-6-4-3-5-7-13/h3-7,16H,8-12H2,1-2H3,(H,17,19). The molecule has 0 bridgehead atoms. The highest BCUT2D eigenvalue weighted by molar-refractivity contribution is 5.77. The Morgan fingerprint density at radius 2 is 2.10 bits per heavy atom. The van der Waals surface area contributed by atoms with Gasteiger partial charge >= 0.3 is 0 Å². The molecule has 0 aliphatic carbocycles. The van der Waals surface area contributed by atoms with Crippen molar-refractivity contribution in [2.24, 2.45) is 0 Å². The third-order valence-corrected chi connectivity index (χ3v) is 3.52. The molecule has 0 aromatic heterocycles. The second-order valence-corrected chi connectivity index (χ2v) is 5.45. The van der Waals surface area contributed by atoms with E-state index in [9.17, 15) is 4.79 Å². The van der Waals surface area contributed by atoms with Crippen LogP contribution in [-0.4, -0.2) is 51.3 Å². The van der Waals surface area contributed by atoms with Gasteiger partial charge in [-0.05, 0) is 19.1 Å². The van der Waals surface area contributed by atoms with E-state index in [4.69, 9.17) is 4.74 Å². The Hall–Kier alpha value is -1.59. The molecular formula is C15H23N3O2. The lowest BCUT2D eigenvalue weighted by molar-refractivity contribution is -0.135. The highest BCUT2D eigenvalue weighted by Crippen LogP contribution is 2.14. The van der Waals surface area contributed by atoms with Gasteiger partial charge in [0.2, 0.25) is 5.91 Å². The number of amides is 1. The molecule has 110 valence electrons. The van der Waals surface area contributed by atoms with Crippen molar-refractivity contribution in [3.63, 3.8) is 0 Å². The molecule has 0 atom stereocenters. The number of para-hydroxylation sites is 1. The minimum absolute atomic E-state index is 0.0559. The normalized spacial score (nSPS) is 16.3. The summed E-state index contributed by atoms with van der Waals surface area (Å²) >= 11 is 0. The van der Waals surface area contributed by atoms with Crippen LogP contribution in [0.5, 0.6) is 0 Å². The van der Waals surface area contributed by atoms with Gasteiger partial charge in [0, 0.05) is 38.9 Å². The molecular weight excluding hydrogens is 254 g/mol. The van der Waals surface area contributed by atoms with E-state index in [-0.39, 0.29) is 18.1 Å². The van der Waals surface area contributed by atoms with Crippen LogP contribution in [0.3, 0.4) is 0 Å².